The molecule has 0 spiro atoms. The number of aryl methyl sites for hydroxylation is 2. The van der Waals surface area contributed by atoms with Crippen LogP contribution in [-0.4, -0.2) is 40.6 Å². The minimum absolute atomic E-state index is 0.208. The van der Waals surface area contributed by atoms with E-state index >= 15 is 0 Å². The fourth-order valence-corrected chi connectivity index (χ4v) is 2.83. The van der Waals surface area contributed by atoms with E-state index in [4.69, 9.17) is 0 Å². The average molecular weight is 266 g/mol. The second-order valence-corrected chi connectivity index (χ2v) is 5.43. The summed E-state index contributed by atoms with van der Waals surface area (Å²) in [5.74, 6) is 1.17. The molecule has 1 aliphatic rings. The molecule has 1 fully saturated rings. The number of piperidine rings is 1. The van der Waals surface area contributed by atoms with Crippen molar-refractivity contribution in [1.82, 2.24) is 15.1 Å². The van der Waals surface area contributed by atoms with Crippen molar-refractivity contribution >= 4 is 5.82 Å². The molecule has 2 rings (SSSR count). The smallest absolute Gasteiger partial charge is 0.131 e. The van der Waals surface area contributed by atoms with Gasteiger partial charge in [-0.15, -0.1) is 0 Å². The van der Waals surface area contributed by atoms with Gasteiger partial charge in [0, 0.05) is 32.2 Å². The number of hydrogen-bond donors (Lipinski definition) is 2. The van der Waals surface area contributed by atoms with Crippen LogP contribution in [0.1, 0.15) is 37.4 Å². The molecule has 0 aliphatic carbocycles. The van der Waals surface area contributed by atoms with E-state index in [1.54, 1.807) is 0 Å². The number of β-amino-alcohol motifs (C(OH)–C–C–N with tert-alkyl or cyclic N) is 1. The summed E-state index contributed by atoms with van der Waals surface area (Å²) in [7, 11) is 1.99. The van der Waals surface area contributed by atoms with Crippen LogP contribution in [-0.2, 0) is 13.6 Å². The molecule has 0 radical (unpaired) electrons. The van der Waals surface area contributed by atoms with Crippen molar-refractivity contribution in [2.24, 2.45) is 7.05 Å². The highest BCUT2D eigenvalue weighted by molar-refractivity contribution is 5.50. The molecule has 108 valence electrons. The standard InChI is InChI=1S/C14H26N4O/c1-4-7-15-9-13-11(2)16-17(3)14(13)18-8-5-6-12(19)10-18/h12,15,19H,4-10H2,1-3H3. The summed E-state index contributed by atoms with van der Waals surface area (Å²) in [6.07, 6.45) is 2.89. The Labute approximate surface area is 115 Å². The lowest BCUT2D eigenvalue weighted by Crippen LogP contribution is -2.40. The molecule has 5 heteroatoms. The summed E-state index contributed by atoms with van der Waals surface area (Å²) < 4.78 is 1.95. The van der Waals surface area contributed by atoms with Crippen molar-refractivity contribution in [1.29, 1.82) is 0 Å². The van der Waals surface area contributed by atoms with Crippen LogP contribution in [0.4, 0.5) is 5.82 Å². The normalized spacial score (nSPS) is 20.0. The number of aliphatic hydroxyl groups is 1. The summed E-state index contributed by atoms with van der Waals surface area (Å²) >= 11 is 0. The minimum Gasteiger partial charge on any atom is -0.391 e. The van der Waals surface area contributed by atoms with Gasteiger partial charge in [-0.25, -0.2) is 0 Å². The van der Waals surface area contributed by atoms with Crippen LogP contribution in [0.25, 0.3) is 0 Å². The van der Waals surface area contributed by atoms with Crippen molar-refractivity contribution in [3.05, 3.63) is 11.3 Å². The first-order valence-corrected chi connectivity index (χ1v) is 7.29. The van der Waals surface area contributed by atoms with Gasteiger partial charge < -0.3 is 15.3 Å². The summed E-state index contributed by atoms with van der Waals surface area (Å²) in [5, 5.41) is 17.9. The van der Waals surface area contributed by atoms with Gasteiger partial charge in [0.2, 0.25) is 0 Å². The highest BCUT2D eigenvalue weighted by Gasteiger charge is 2.24. The minimum atomic E-state index is -0.208. The largest absolute Gasteiger partial charge is 0.391 e. The van der Waals surface area contributed by atoms with Gasteiger partial charge in [-0.1, -0.05) is 6.92 Å². The summed E-state index contributed by atoms with van der Waals surface area (Å²) in [4.78, 5) is 2.27. The lowest BCUT2D eigenvalue weighted by atomic mass is 10.1. The second-order valence-electron chi connectivity index (χ2n) is 5.43. The van der Waals surface area contributed by atoms with Gasteiger partial charge in [0.25, 0.3) is 0 Å². The van der Waals surface area contributed by atoms with E-state index in [1.165, 1.54) is 11.4 Å². The van der Waals surface area contributed by atoms with E-state index in [0.717, 1.165) is 51.1 Å². The number of nitrogens with zero attached hydrogens (tertiary/aromatic N) is 3. The molecule has 5 nitrogen and oxygen atoms in total. The maximum absolute atomic E-state index is 9.86. The lowest BCUT2D eigenvalue weighted by molar-refractivity contribution is 0.153. The fraction of sp³-hybridized carbons (Fsp3) is 0.786. The van der Waals surface area contributed by atoms with Crippen LogP contribution in [0.5, 0.6) is 0 Å². The third-order valence-corrected chi connectivity index (χ3v) is 3.74. The van der Waals surface area contributed by atoms with Crippen molar-refractivity contribution < 1.29 is 5.11 Å². The maximum atomic E-state index is 9.86. The molecule has 1 saturated heterocycles. The molecule has 0 amide bonds. The first-order chi connectivity index (χ1) is 9.13. The summed E-state index contributed by atoms with van der Waals surface area (Å²) in [6.45, 7) is 7.85. The molecule has 0 bridgehead atoms. The maximum Gasteiger partial charge on any atom is 0.131 e. The predicted octanol–water partition coefficient (Wildman–Crippen LogP) is 1.19. The number of hydrogen-bond acceptors (Lipinski definition) is 4. The predicted molar refractivity (Wildman–Crippen MR) is 77.4 cm³/mol. The number of aromatic nitrogens is 2. The molecular formula is C14H26N4O. The van der Waals surface area contributed by atoms with Crippen molar-refractivity contribution in [2.45, 2.75) is 45.8 Å². The Morgan fingerprint density at radius 3 is 2.95 bits per heavy atom. The Bertz CT molecular complexity index is 416. The van der Waals surface area contributed by atoms with Crippen LogP contribution in [0.2, 0.25) is 0 Å². The van der Waals surface area contributed by atoms with Crippen LogP contribution in [0.3, 0.4) is 0 Å². The Balaban J connectivity index is 2.17. The molecule has 1 atom stereocenters. The van der Waals surface area contributed by atoms with Crippen molar-refractivity contribution in [3.8, 4) is 0 Å². The highest BCUT2D eigenvalue weighted by atomic mass is 16.3. The number of anilines is 1. The van der Waals surface area contributed by atoms with Gasteiger partial charge >= 0.3 is 0 Å². The van der Waals surface area contributed by atoms with E-state index < -0.39 is 0 Å². The van der Waals surface area contributed by atoms with E-state index in [0.29, 0.717) is 0 Å². The molecule has 1 aromatic heterocycles. The zero-order valence-electron chi connectivity index (χ0n) is 12.3. The molecule has 1 aromatic rings. The number of nitrogens with one attached hydrogen (secondary N) is 1. The van der Waals surface area contributed by atoms with Crippen LogP contribution < -0.4 is 10.2 Å². The zero-order valence-corrected chi connectivity index (χ0v) is 12.3. The Hall–Kier alpha value is -1.07. The van der Waals surface area contributed by atoms with E-state index in [2.05, 4.69) is 29.2 Å². The average Bonchev–Trinajstić information content (AvgIpc) is 2.64. The van der Waals surface area contributed by atoms with Gasteiger partial charge in [-0.3, -0.25) is 4.68 Å². The van der Waals surface area contributed by atoms with E-state index in [-0.39, 0.29) is 6.10 Å². The quantitative estimate of drug-likeness (QED) is 0.786. The van der Waals surface area contributed by atoms with E-state index in [9.17, 15) is 5.11 Å². The molecule has 1 unspecified atom stereocenters. The third-order valence-electron chi connectivity index (χ3n) is 3.74. The molecule has 0 aromatic carbocycles. The topological polar surface area (TPSA) is 53.3 Å². The Morgan fingerprint density at radius 2 is 2.26 bits per heavy atom. The number of rotatable bonds is 5. The first kappa shape index (κ1) is 14.3. The van der Waals surface area contributed by atoms with Crippen LogP contribution in [0, 0.1) is 6.92 Å². The van der Waals surface area contributed by atoms with Crippen LogP contribution >= 0.6 is 0 Å². The Morgan fingerprint density at radius 1 is 1.47 bits per heavy atom. The van der Waals surface area contributed by atoms with Crippen molar-refractivity contribution in [3.63, 3.8) is 0 Å². The molecule has 2 heterocycles. The third kappa shape index (κ3) is 3.28. The van der Waals surface area contributed by atoms with Gasteiger partial charge in [-0.05, 0) is 32.7 Å². The summed E-state index contributed by atoms with van der Waals surface area (Å²) in [5.41, 5.74) is 2.35. The SMILES string of the molecule is CCCNCc1c(C)nn(C)c1N1CCCC(O)C1. The van der Waals surface area contributed by atoms with Crippen molar-refractivity contribution in [2.75, 3.05) is 24.5 Å². The van der Waals surface area contributed by atoms with Gasteiger partial charge in [0.05, 0.1) is 11.8 Å². The second kappa shape index (κ2) is 6.39. The van der Waals surface area contributed by atoms with Gasteiger partial charge in [0.1, 0.15) is 5.82 Å². The molecular weight excluding hydrogens is 240 g/mol. The van der Waals surface area contributed by atoms with Crippen LogP contribution in [0.15, 0.2) is 0 Å². The molecule has 0 saturated carbocycles. The zero-order chi connectivity index (χ0) is 13.8. The van der Waals surface area contributed by atoms with Gasteiger partial charge in [-0.2, -0.15) is 5.10 Å². The highest BCUT2D eigenvalue weighted by Crippen LogP contribution is 2.26. The fourth-order valence-electron chi connectivity index (χ4n) is 2.83. The van der Waals surface area contributed by atoms with E-state index in [1.807, 2.05) is 11.7 Å². The molecule has 2 N–H and O–H groups in total. The Kier molecular flexibility index (Phi) is 4.82. The first-order valence-electron chi connectivity index (χ1n) is 7.29. The van der Waals surface area contributed by atoms with Gasteiger partial charge in [0.15, 0.2) is 0 Å². The molecule has 19 heavy (non-hydrogen) atoms. The lowest BCUT2D eigenvalue weighted by Gasteiger charge is -2.32. The summed E-state index contributed by atoms with van der Waals surface area (Å²) in [6, 6.07) is 0. The molecule has 1 aliphatic heterocycles. The number of aliphatic hydroxyl groups excluding tert-OH is 1. The monoisotopic (exact) mass is 266 g/mol.